The summed E-state index contributed by atoms with van der Waals surface area (Å²) in [5.74, 6) is -1.59. The summed E-state index contributed by atoms with van der Waals surface area (Å²) in [6.07, 6.45) is 4.33. The van der Waals surface area contributed by atoms with Crippen molar-refractivity contribution in [2.24, 2.45) is 5.41 Å². The van der Waals surface area contributed by atoms with Gasteiger partial charge in [-0.05, 0) is 57.7 Å². The second-order valence-corrected chi connectivity index (χ2v) is 9.26. The normalized spacial score (nSPS) is 26.3. The molecular weight excluding hydrogens is 362 g/mol. The minimum absolute atomic E-state index is 0.0708. The summed E-state index contributed by atoms with van der Waals surface area (Å²) in [7, 11) is 0. The van der Waals surface area contributed by atoms with Gasteiger partial charge in [-0.3, -0.25) is 9.89 Å². The maximum absolute atomic E-state index is 13.5. The van der Waals surface area contributed by atoms with E-state index >= 15 is 0 Å². The van der Waals surface area contributed by atoms with E-state index in [9.17, 15) is 13.6 Å². The van der Waals surface area contributed by atoms with Crippen LogP contribution in [-0.4, -0.2) is 53.1 Å². The van der Waals surface area contributed by atoms with Crippen molar-refractivity contribution >= 4 is 5.91 Å². The average molecular weight is 395 g/mol. The SMILES string of the molecule is CC1(C(=O)N2CCC(c3cc(C4CCNCC4)n[nH]3)CC2)CCC(F)(F)CC1. The Kier molecular flexibility index (Phi) is 5.47. The Bertz CT molecular complexity index is 680. The van der Waals surface area contributed by atoms with Crippen molar-refractivity contribution in [3.8, 4) is 0 Å². The monoisotopic (exact) mass is 394 g/mol. The maximum atomic E-state index is 13.5. The highest BCUT2D eigenvalue weighted by Gasteiger charge is 2.46. The van der Waals surface area contributed by atoms with Gasteiger partial charge in [0.25, 0.3) is 0 Å². The average Bonchev–Trinajstić information content (AvgIpc) is 3.21. The summed E-state index contributed by atoms with van der Waals surface area (Å²) in [6, 6.07) is 2.22. The third kappa shape index (κ3) is 4.09. The molecule has 1 aliphatic carbocycles. The lowest BCUT2D eigenvalue weighted by atomic mass is 9.73. The molecule has 3 aliphatic rings. The lowest BCUT2D eigenvalue weighted by molar-refractivity contribution is -0.149. The molecule has 0 bridgehead atoms. The number of carbonyl (C=O) groups excluding carboxylic acids is 1. The van der Waals surface area contributed by atoms with E-state index in [1.165, 1.54) is 11.4 Å². The number of carbonyl (C=O) groups is 1. The van der Waals surface area contributed by atoms with Crippen LogP contribution >= 0.6 is 0 Å². The molecule has 0 unspecified atom stereocenters. The zero-order valence-electron chi connectivity index (χ0n) is 16.8. The van der Waals surface area contributed by atoms with Gasteiger partial charge >= 0.3 is 0 Å². The molecule has 28 heavy (non-hydrogen) atoms. The molecule has 3 fully saturated rings. The number of alkyl halides is 2. The molecule has 2 N–H and O–H groups in total. The molecule has 5 nitrogen and oxygen atoms in total. The molecule has 0 atom stereocenters. The van der Waals surface area contributed by atoms with Crippen molar-refractivity contribution in [1.29, 1.82) is 0 Å². The molecule has 0 spiro atoms. The topological polar surface area (TPSA) is 61.0 Å². The zero-order valence-corrected chi connectivity index (χ0v) is 16.8. The van der Waals surface area contributed by atoms with E-state index in [2.05, 4.69) is 21.6 Å². The zero-order chi connectivity index (χ0) is 19.8. The Morgan fingerprint density at radius 3 is 2.36 bits per heavy atom. The van der Waals surface area contributed by atoms with Gasteiger partial charge in [-0.1, -0.05) is 6.92 Å². The number of nitrogens with zero attached hydrogens (tertiary/aromatic N) is 2. The van der Waals surface area contributed by atoms with Gasteiger partial charge in [-0.15, -0.1) is 0 Å². The van der Waals surface area contributed by atoms with E-state index in [1.807, 2.05) is 11.8 Å². The number of nitrogens with one attached hydrogen (secondary N) is 2. The van der Waals surface area contributed by atoms with Gasteiger partial charge in [0.15, 0.2) is 0 Å². The first kappa shape index (κ1) is 19.8. The van der Waals surface area contributed by atoms with Crippen molar-refractivity contribution in [3.05, 3.63) is 17.5 Å². The predicted molar refractivity (Wildman–Crippen MR) is 104 cm³/mol. The molecule has 7 heteroatoms. The van der Waals surface area contributed by atoms with Crippen molar-refractivity contribution in [2.45, 2.75) is 76.0 Å². The van der Waals surface area contributed by atoms with E-state index in [4.69, 9.17) is 0 Å². The van der Waals surface area contributed by atoms with Crippen LogP contribution in [0.4, 0.5) is 8.78 Å². The largest absolute Gasteiger partial charge is 0.342 e. The van der Waals surface area contributed by atoms with Crippen LogP contribution in [-0.2, 0) is 4.79 Å². The summed E-state index contributed by atoms with van der Waals surface area (Å²) < 4.78 is 27.0. The summed E-state index contributed by atoms with van der Waals surface area (Å²) >= 11 is 0. The Morgan fingerprint density at radius 2 is 1.71 bits per heavy atom. The number of amides is 1. The Morgan fingerprint density at radius 1 is 1.07 bits per heavy atom. The Balaban J connectivity index is 1.32. The Labute approximate surface area is 165 Å². The van der Waals surface area contributed by atoms with E-state index in [-0.39, 0.29) is 18.7 Å². The number of hydrogen-bond acceptors (Lipinski definition) is 3. The molecule has 1 aromatic heterocycles. The molecule has 0 aromatic carbocycles. The quantitative estimate of drug-likeness (QED) is 0.820. The fourth-order valence-electron chi connectivity index (χ4n) is 5.05. The molecule has 4 rings (SSSR count). The maximum Gasteiger partial charge on any atom is 0.248 e. The smallest absolute Gasteiger partial charge is 0.248 e. The molecule has 1 amide bonds. The summed E-state index contributed by atoms with van der Waals surface area (Å²) in [6.45, 7) is 5.39. The third-order valence-corrected chi connectivity index (χ3v) is 7.20. The van der Waals surface area contributed by atoms with Gasteiger partial charge in [0, 0.05) is 48.9 Å². The molecule has 156 valence electrons. The number of halogens is 2. The Hall–Kier alpha value is -1.50. The number of rotatable bonds is 3. The second-order valence-electron chi connectivity index (χ2n) is 9.26. The van der Waals surface area contributed by atoms with Crippen LogP contribution in [0.25, 0.3) is 0 Å². The minimum atomic E-state index is -2.60. The number of piperidine rings is 2. The molecule has 0 radical (unpaired) electrons. The van der Waals surface area contributed by atoms with Crippen LogP contribution in [0.3, 0.4) is 0 Å². The van der Waals surface area contributed by atoms with Crippen LogP contribution in [0.2, 0.25) is 0 Å². The second kappa shape index (κ2) is 7.73. The molecule has 1 saturated carbocycles. The van der Waals surface area contributed by atoms with E-state index < -0.39 is 11.3 Å². The number of aromatic nitrogens is 2. The van der Waals surface area contributed by atoms with Crippen molar-refractivity contribution in [2.75, 3.05) is 26.2 Å². The molecule has 2 aliphatic heterocycles. The highest BCUT2D eigenvalue weighted by molar-refractivity contribution is 5.82. The molecule has 1 aromatic rings. The van der Waals surface area contributed by atoms with Crippen LogP contribution in [0.1, 0.15) is 81.5 Å². The first-order chi connectivity index (χ1) is 13.4. The first-order valence-electron chi connectivity index (χ1n) is 10.8. The van der Waals surface area contributed by atoms with Crippen LogP contribution in [0.5, 0.6) is 0 Å². The molecular formula is C21H32F2N4O. The van der Waals surface area contributed by atoms with E-state index in [1.54, 1.807) is 0 Å². The highest BCUT2D eigenvalue weighted by Crippen LogP contribution is 2.45. The van der Waals surface area contributed by atoms with Crippen molar-refractivity contribution in [3.63, 3.8) is 0 Å². The van der Waals surface area contributed by atoms with Gasteiger partial charge < -0.3 is 10.2 Å². The van der Waals surface area contributed by atoms with Crippen LogP contribution in [0.15, 0.2) is 6.07 Å². The van der Waals surface area contributed by atoms with E-state index in [0.717, 1.165) is 38.8 Å². The fraction of sp³-hybridized carbons (Fsp3) is 0.810. The van der Waals surface area contributed by atoms with Crippen molar-refractivity contribution < 1.29 is 13.6 Å². The number of likely N-dealkylation sites (tertiary alicyclic amines) is 1. The van der Waals surface area contributed by atoms with Crippen LogP contribution in [0, 0.1) is 5.41 Å². The lowest BCUT2D eigenvalue weighted by Gasteiger charge is -2.41. The van der Waals surface area contributed by atoms with Gasteiger partial charge in [0.1, 0.15) is 0 Å². The highest BCUT2D eigenvalue weighted by atomic mass is 19.3. The number of H-pyrrole nitrogens is 1. The molecule has 3 heterocycles. The van der Waals surface area contributed by atoms with Gasteiger partial charge in [-0.2, -0.15) is 5.10 Å². The summed E-state index contributed by atoms with van der Waals surface area (Å²) in [4.78, 5) is 14.9. The van der Waals surface area contributed by atoms with Gasteiger partial charge in [0.2, 0.25) is 11.8 Å². The van der Waals surface area contributed by atoms with Gasteiger partial charge in [-0.25, -0.2) is 8.78 Å². The predicted octanol–water partition coefficient (Wildman–Crippen LogP) is 3.80. The lowest BCUT2D eigenvalue weighted by Crippen LogP contribution is -2.48. The number of hydrogen-bond donors (Lipinski definition) is 2. The first-order valence-corrected chi connectivity index (χ1v) is 10.8. The van der Waals surface area contributed by atoms with E-state index in [0.29, 0.717) is 37.8 Å². The summed E-state index contributed by atoms with van der Waals surface area (Å²) in [5, 5.41) is 11.2. The fourth-order valence-corrected chi connectivity index (χ4v) is 5.05. The minimum Gasteiger partial charge on any atom is -0.342 e. The standard InChI is InChI=1S/C21H32F2N4O/c1-20(6-8-21(22,23)9-7-20)19(28)27-12-4-16(5-13-27)18-14-17(25-26-18)15-2-10-24-11-3-15/h14-16,24H,2-13H2,1H3,(H,25,26). The summed E-state index contributed by atoms with van der Waals surface area (Å²) in [5.41, 5.74) is 1.74. The van der Waals surface area contributed by atoms with Crippen molar-refractivity contribution in [1.82, 2.24) is 20.4 Å². The van der Waals surface area contributed by atoms with Crippen LogP contribution < -0.4 is 5.32 Å². The number of aromatic amines is 1. The third-order valence-electron chi connectivity index (χ3n) is 7.20. The molecule has 2 saturated heterocycles. The van der Waals surface area contributed by atoms with Gasteiger partial charge in [0.05, 0.1) is 5.69 Å².